The van der Waals surface area contributed by atoms with Crippen LogP contribution in [-0.2, 0) is 17.3 Å². The summed E-state index contributed by atoms with van der Waals surface area (Å²) < 4.78 is 17.7. The largest absolute Gasteiger partial charge is 0.494 e. The Bertz CT molecular complexity index is 718. The molecule has 2 rings (SSSR count). The summed E-state index contributed by atoms with van der Waals surface area (Å²) in [4.78, 5) is 7.21. The molecule has 1 atom stereocenters. The number of ether oxygens (including phenoxy) is 1. The topological polar surface area (TPSA) is 53.9 Å². The molecule has 0 saturated heterocycles. The molecule has 0 fully saturated rings. The van der Waals surface area contributed by atoms with Crippen molar-refractivity contribution in [1.82, 2.24) is 10.2 Å². The highest BCUT2D eigenvalue weighted by atomic mass is 32.2. The van der Waals surface area contributed by atoms with E-state index >= 15 is 0 Å². The highest BCUT2D eigenvalue weighted by Gasteiger charge is 2.08. The van der Waals surface area contributed by atoms with Crippen LogP contribution in [-0.4, -0.2) is 48.1 Å². The molecule has 5 nitrogen and oxygen atoms in total. The molecular weight excluding hydrogens is 346 g/mol. The van der Waals surface area contributed by atoms with Crippen LogP contribution in [0.3, 0.4) is 0 Å². The number of nitrogens with one attached hydrogen (secondary N) is 1. The molecule has 2 aromatic carbocycles. The maximum atomic E-state index is 12.3. The van der Waals surface area contributed by atoms with E-state index in [-0.39, 0.29) is 0 Å². The molecule has 1 unspecified atom stereocenters. The fraction of sp³-hybridized carbons (Fsp3) is 0.350. The Morgan fingerprint density at radius 3 is 2.46 bits per heavy atom. The van der Waals surface area contributed by atoms with E-state index in [4.69, 9.17) is 4.74 Å². The van der Waals surface area contributed by atoms with Gasteiger partial charge in [-0.05, 0) is 36.8 Å². The van der Waals surface area contributed by atoms with Gasteiger partial charge in [-0.1, -0.05) is 30.3 Å². The Morgan fingerprint density at radius 2 is 1.85 bits per heavy atom. The van der Waals surface area contributed by atoms with Gasteiger partial charge in [0.15, 0.2) is 5.96 Å². The van der Waals surface area contributed by atoms with Crippen molar-refractivity contribution in [3.05, 3.63) is 60.2 Å². The van der Waals surface area contributed by atoms with E-state index < -0.39 is 10.8 Å². The second-order valence-corrected chi connectivity index (χ2v) is 7.34. The van der Waals surface area contributed by atoms with Gasteiger partial charge >= 0.3 is 0 Å². The Hall–Kier alpha value is -2.34. The van der Waals surface area contributed by atoms with Gasteiger partial charge in [0.25, 0.3) is 0 Å². The van der Waals surface area contributed by atoms with Gasteiger partial charge in [0.2, 0.25) is 0 Å². The molecule has 0 aliphatic rings. The minimum absolute atomic E-state index is 0.542. The summed E-state index contributed by atoms with van der Waals surface area (Å²) in [5.41, 5.74) is 1.17. The van der Waals surface area contributed by atoms with Crippen molar-refractivity contribution in [3.8, 4) is 5.75 Å². The fourth-order valence-electron chi connectivity index (χ4n) is 2.54. The van der Waals surface area contributed by atoms with Crippen LogP contribution in [0.4, 0.5) is 0 Å². The molecule has 0 aliphatic heterocycles. The van der Waals surface area contributed by atoms with E-state index in [1.54, 1.807) is 7.05 Å². The number of hydrogen-bond donors (Lipinski definition) is 1. The number of benzene rings is 2. The summed E-state index contributed by atoms with van der Waals surface area (Å²) in [6, 6.07) is 17.6. The number of nitrogens with zero attached hydrogens (tertiary/aromatic N) is 2. The van der Waals surface area contributed by atoms with Crippen LogP contribution in [0.5, 0.6) is 5.75 Å². The van der Waals surface area contributed by atoms with E-state index in [0.717, 1.165) is 23.1 Å². The Morgan fingerprint density at radius 1 is 1.15 bits per heavy atom. The van der Waals surface area contributed by atoms with Crippen LogP contribution in [0.25, 0.3) is 0 Å². The van der Waals surface area contributed by atoms with E-state index in [1.165, 1.54) is 5.56 Å². The molecular formula is C20H27N3O2S. The van der Waals surface area contributed by atoms with Crippen molar-refractivity contribution < 1.29 is 8.95 Å². The molecule has 26 heavy (non-hydrogen) atoms. The molecule has 0 bridgehead atoms. The molecule has 2 aromatic rings. The summed E-state index contributed by atoms with van der Waals surface area (Å²) in [5, 5.41) is 3.28. The lowest BCUT2D eigenvalue weighted by atomic mass is 10.2. The van der Waals surface area contributed by atoms with Crippen molar-refractivity contribution in [2.75, 3.05) is 33.0 Å². The summed E-state index contributed by atoms with van der Waals surface area (Å²) in [7, 11) is 2.73. The molecule has 0 spiro atoms. The SMILES string of the molecule is CCOc1ccc(CN(C)C(=NC)NCCS(=O)c2ccccc2)cc1. The van der Waals surface area contributed by atoms with Gasteiger partial charge in [-0.15, -0.1) is 0 Å². The first-order valence-electron chi connectivity index (χ1n) is 8.71. The van der Waals surface area contributed by atoms with Crippen molar-refractivity contribution in [1.29, 1.82) is 0 Å². The summed E-state index contributed by atoms with van der Waals surface area (Å²) >= 11 is 0. The summed E-state index contributed by atoms with van der Waals surface area (Å²) in [6.07, 6.45) is 0. The normalized spacial score (nSPS) is 12.5. The quantitative estimate of drug-likeness (QED) is 0.571. The lowest BCUT2D eigenvalue weighted by Gasteiger charge is -2.22. The van der Waals surface area contributed by atoms with Gasteiger partial charge in [0.05, 0.1) is 17.4 Å². The predicted molar refractivity (Wildman–Crippen MR) is 108 cm³/mol. The van der Waals surface area contributed by atoms with Gasteiger partial charge < -0.3 is 15.0 Å². The average Bonchev–Trinajstić information content (AvgIpc) is 2.67. The van der Waals surface area contributed by atoms with Gasteiger partial charge in [-0.2, -0.15) is 0 Å². The average molecular weight is 374 g/mol. The molecule has 0 aromatic heterocycles. The number of rotatable bonds is 8. The van der Waals surface area contributed by atoms with E-state index in [9.17, 15) is 4.21 Å². The molecule has 6 heteroatoms. The molecule has 1 N–H and O–H groups in total. The van der Waals surface area contributed by atoms with Gasteiger partial charge in [-0.3, -0.25) is 9.20 Å². The van der Waals surface area contributed by atoms with Crippen LogP contribution in [0.1, 0.15) is 12.5 Å². The van der Waals surface area contributed by atoms with Gasteiger partial charge in [-0.25, -0.2) is 0 Å². The highest BCUT2D eigenvalue weighted by Crippen LogP contribution is 2.13. The van der Waals surface area contributed by atoms with Crippen molar-refractivity contribution in [3.63, 3.8) is 0 Å². The maximum Gasteiger partial charge on any atom is 0.193 e. The van der Waals surface area contributed by atoms with Crippen LogP contribution in [0, 0.1) is 0 Å². The van der Waals surface area contributed by atoms with Crippen LogP contribution in [0.15, 0.2) is 64.5 Å². The van der Waals surface area contributed by atoms with E-state index in [0.29, 0.717) is 18.9 Å². The molecule has 0 heterocycles. The maximum absolute atomic E-state index is 12.3. The third-order valence-corrected chi connectivity index (χ3v) is 5.18. The molecule has 0 radical (unpaired) electrons. The van der Waals surface area contributed by atoms with Crippen molar-refractivity contribution in [2.24, 2.45) is 4.99 Å². The standard InChI is InChI=1S/C20H27N3O2S/c1-4-25-18-12-10-17(11-13-18)16-23(3)20(21-2)22-14-15-26(24)19-8-6-5-7-9-19/h5-13H,4,14-16H2,1-3H3,(H,21,22). The first-order chi connectivity index (χ1) is 12.6. The van der Waals surface area contributed by atoms with Crippen molar-refractivity contribution >= 4 is 16.8 Å². The Labute approximate surface area is 158 Å². The Balaban J connectivity index is 1.82. The number of guanidine groups is 1. The monoisotopic (exact) mass is 373 g/mol. The van der Waals surface area contributed by atoms with Gasteiger partial charge in [0.1, 0.15) is 5.75 Å². The summed E-state index contributed by atoms with van der Waals surface area (Å²) in [5.74, 6) is 2.20. The fourth-order valence-corrected chi connectivity index (χ4v) is 3.52. The van der Waals surface area contributed by atoms with Crippen molar-refractivity contribution in [2.45, 2.75) is 18.4 Å². The lowest BCUT2D eigenvalue weighted by Crippen LogP contribution is -2.40. The zero-order valence-electron chi connectivity index (χ0n) is 15.6. The number of hydrogen-bond acceptors (Lipinski definition) is 3. The first kappa shape index (κ1) is 20.0. The Kier molecular flexibility index (Phi) is 8.15. The lowest BCUT2D eigenvalue weighted by molar-refractivity contribution is 0.340. The number of aliphatic imine (C=N–C) groups is 1. The first-order valence-corrected chi connectivity index (χ1v) is 10.0. The molecule has 0 saturated carbocycles. The second kappa shape index (κ2) is 10.6. The third kappa shape index (κ3) is 6.19. The minimum atomic E-state index is -1.01. The van der Waals surface area contributed by atoms with Crippen LogP contribution >= 0.6 is 0 Å². The third-order valence-electron chi connectivity index (χ3n) is 3.80. The van der Waals surface area contributed by atoms with Crippen LogP contribution < -0.4 is 10.1 Å². The second-order valence-electron chi connectivity index (χ2n) is 5.77. The molecule has 140 valence electrons. The predicted octanol–water partition coefficient (Wildman–Crippen LogP) is 2.90. The van der Waals surface area contributed by atoms with E-state index in [2.05, 4.69) is 22.4 Å². The summed E-state index contributed by atoms with van der Waals surface area (Å²) in [6.45, 7) is 3.97. The zero-order valence-corrected chi connectivity index (χ0v) is 16.5. The highest BCUT2D eigenvalue weighted by molar-refractivity contribution is 7.85. The zero-order chi connectivity index (χ0) is 18.8. The van der Waals surface area contributed by atoms with Crippen LogP contribution in [0.2, 0.25) is 0 Å². The molecule has 0 aliphatic carbocycles. The minimum Gasteiger partial charge on any atom is -0.494 e. The van der Waals surface area contributed by atoms with Gasteiger partial charge in [0, 0.05) is 37.8 Å². The smallest absolute Gasteiger partial charge is 0.193 e. The van der Waals surface area contributed by atoms with E-state index in [1.807, 2.05) is 61.3 Å². The molecule has 0 amide bonds.